The molecule has 4 rings (SSSR count). The van der Waals surface area contributed by atoms with Gasteiger partial charge in [0, 0.05) is 11.6 Å². The van der Waals surface area contributed by atoms with Gasteiger partial charge in [-0.25, -0.2) is 4.99 Å². The number of carbonyl (C=O) groups excluding carboxylic acids is 1. The first-order valence-corrected chi connectivity index (χ1v) is 8.44. The van der Waals surface area contributed by atoms with Crippen molar-refractivity contribution in [3.63, 3.8) is 0 Å². The molecule has 0 aliphatic carbocycles. The average molecular weight is 342 g/mol. The van der Waals surface area contributed by atoms with Gasteiger partial charge in [-0.1, -0.05) is 41.5 Å². The molecule has 1 aromatic heterocycles. The second-order valence-corrected chi connectivity index (χ2v) is 6.33. The molecule has 3 aromatic rings. The minimum Gasteiger partial charge on any atom is -0.465 e. The summed E-state index contributed by atoms with van der Waals surface area (Å²) in [6.45, 7) is 4.05. The van der Waals surface area contributed by atoms with Crippen LogP contribution in [0.15, 0.2) is 82.0 Å². The molecule has 4 nitrogen and oxygen atoms in total. The van der Waals surface area contributed by atoms with E-state index in [-0.39, 0.29) is 5.91 Å². The summed E-state index contributed by atoms with van der Waals surface area (Å²) in [4.78, 5) is 19.4. The molecule has 1 aliphatic rings. The number of amidine groups is 1. The lowest BCUT2D eigenvalue weighted by molar-refractivity contribution is -0.113. The number of rotatable bonds is 3. The van der Waals surface area contributed by atoms with Crippen molar-refractivity contribution < 1.29 is 9.21 Å². The summed E-state index contributed by atoms with van der Waals surface area (Å²) >= 11 is 0. The predicted molar refractivity (Wildman–Crippen MR) is 103 cm³/mol. The van der Waals surface area contributed by atoms with E-state index < -0.39 is 0 Å². The van der Waals surface area contributed by atoms with E-state index in [0.717, 1.165) is 22.4 Å². The number of benzene rings is 2. The van der Waals surface area contributed by atoms with E-state index in [4.69, 9.17) is 4.42 Å². The summed E-state index contributed by atoms with van der Waals surface area (Å²) in [5.41, 5.74) is 4.31. The van der Waals surface area contributed by atoms with Gasteiger partial charge < -0.3 is 4.42 Å². The Morgan fingerprint density at radius 1 is 0.962 bits per heavy atom. The molecule has 128 valence electrons. The first-order valence-electron chi connectivity index (χ1n) is 8.44. The van der Waals surface area contributed by atoms with Gasteiger partial charge in [0.2, 0.25) is 0 Å². The van der Waals surface area contributed by atoms with Gasteiger partial charge >= 0.3 is 0 Å². The SMILES string of the molecule is Cc1ccc(N2C(=O)/C(=C\c3ccco3)N=C2c2cccc(C)c2)cc1. The van der Waals surface area contributed by atoms with Crippen molar-refractivity contribution in [3.05, 3.63) is 95.1 Å². The molecule has 0 fully saturated rings. The van der Waals surface area contributed by atoms with E-state index >= 15 is 0 Å². The summed E-state index contributed by atoms with van der Waals surface area (Å²) < 4.78 is 5.34. The number of nitrogens with zero attached hydrogens (tertiary/aromatic N) is 2. The van der Waals surface area contributed by atoms with E-state index in [1.807, 2.05) is 62.4 Å². The Bertz CT molecular complexity index is 1010. The van der Waals surface area contributed by atoms with Crippen molar-refractivity contribution in [1.82, 2.24) is 0 Å². The Balaban J connectivity index is 1.84. The molecule has 1 amide bonds. The van der Waals surface area contributed by atoms with E-state index in [0.29, 0.717) is 17.3 Å². The first kappa shape index (κ1) is 16.1. The van der Waals surface area contributed by atoms with Gasteiger partial charge in [0.1, 0.15) is 17.3 Å². The number of carbonyl (C=O) groups is 1. The highest BCUT2D eigenvalue weighted by molar-refractivity contribution is 6.33. The third-order valence-electron chi connectivity index (χ3n) is 4.25. The van der Waals surface area contributed by atoms with Crippen LogP contribution in [0.25, 0.3) is 6.08 Å². The van der Waals surface area contributed by atoms with Crippen LogP contribution in [-0.4, -0.2) is 11.7 Å². The molecule has 0 atom stereocenters. The zero-order valence-corrected chi connectivity index (χ0v) is 14.6. The Labute approximate surface area is 152 Å². The van der Waals surface area contributed by atoms with E-state index in [9.17, 15) is 4.79 Å². The standard InChI is InChI=1S/C22H18N2O2/c1-15-8-10-18(11-9-15)24-21(17-6-3-5-16(2)13-17)23-20(22(24)25)14-19-7-4-12-26-19/h3-14H,1-2H3/b20-14+. The monoisotopic (exact) mass is 342 g/mol. The molecule has 2 aromatic carbocycles. The van der Waals surface area contributed by atoms with Gasteiger partial charge in [0.25, 0.3) is 5.91 Å². The van der Waals surface area contributed by atoms with Crippen molar-refractivity contribution in [2.45, 2.75) is 13.8 Å². The third kappa shape index (κ3) is 2.97. The maximum absolute atomic E-state index is 13.1. The summed E-state index contributed by atoms with van der Waals surface area (Å²) in [7, 11) is 0. The highest BCUT2D eigenvalue weighted by Crippen LogP contribution is 2.28. The van der Waals surface area contributed by atoms with Crippen LogP contribution in [0, 0.1) is 13.8 Å². The van der Waals surface area contributed by atoms with Crippen LogP contribution in [0.2, 0.25) is 0 Å². The van der Waals surface area contributed by atoms with Crippen molar-refractivity contribution in [2.24, 2.45) is 4.99 Å². The molecule has 0 bridgehead atoms. The molecule has 0 saturated heterocycles. The van der Waals surface area contributed by atoms with Gasteiger partial charge in [-0.15, -0.1) is 0 Å². The van der Waals surface area contributed by atoms with E-state index in [1.54, 1.807) is 29.4 Å². The second kappa shape index (κ2) is 6.48. The molecule has 2 heterocycles. The summed E-state index contributed by atoms with van der Waals surface area (Å²) in [6.07, 6.45) is 3.25. The Hall–Kier alpha value is -3.40. The van der Waals surface area contributed by atoms with Crippen molar-refractivity contribution in [2.75, 3.05) is 4.90 Å². The Kier molecular flexibility index (Phi) is 4.01. The second-order valence-electron chi connectivity index (χ2n) is 6.33. The Morgan fingerprint density at radius 2 is 1.77 bits per heavy atom. The van der Waals surface area contributed by atoms with Gasteiger partial charge in [0.05, 0.1) is 12.0 Å². The van der Waals surface area contributed by atoms with E-state index in [2.05, 4.69) is 4.99 Å². The van der Waals surface area contributed by atoms with Crippen LogP contribution in [0.3, 0.4) is 0 Å². The largest absolute Gasteiger partial charge is 0.465 e. The lowest BCUT2D eigenvalue weighted by Crippen LogP contribution is -2.32. The normalized spacial score (nSPS) is 15.6. The highest BCUT2D eigenvalue weighted by Gasteiger charge is 2.32. The topological polar surface area (TPSA) is 45.8 Å². The predicted octanol–water partition coefficient (Wildman–Crippen LogP) is 4.73. The summed E-state index contributed by atoms with van der Waals surface area (Å²) in [5.74, 6) is 1.06. The fraction of sp³-hybridized carbons (Fsp3) is 0.0909. The van der Waals surface area contributed by atoms with Crippen LogP contribution in [0.1, 0.15) is 22.5 Å². The zero-order valence-electron chi connectivity index (χ0n) is 14.6. The zero-order chi connectivity index (χ0) is 18.1. The number of aliphatic imine (C=N–C) groups is 1. The molecule has 0 spiro atoms. The molecular formula is C22H18N2O2. The lowest BCUT2D eigenvalue weighted by Gasteiger charge is -2.19. The van der Waals surface area contributed by atoms with Gasteiger partial charge in [0.15, 0.2) is 0 Å². The van der Waals surface area contributed by atoms with Gasteiger partial charge in [-0.3, -0.25) is 9.69 Å². The molecule has 0 unspecified atom stereocenters. The molecule has 0 N–H and O–H groups in total. The lowest BCUT2D eigenvalue weighted by atomic mass is 10.1. The molecule has 0 radical (unpaired) electrons. The van der Waals surface area contributed by atoms with Crippen molar-refractivity contribution >= 4 is 23.5 Å². The first-order chi connectivity index (χ1) is 12.6. The fourth-order valence-electron chi connectivity index (χ4n) is 2.94. The summed E-state index contributed by atoms with van der Waals surface area (Å²) in [6, 6.07) is 19.4. The third-order valence-corrected chi connectivity index (χ3v) is 4.25. The van der Waals surface area contributed by atoms with Crippen molar-refractivity contribution in [1.29, 1.82) is 0 Å². The number of aryl methyl sites for hydroxylation is 2. The van der Waals surface area contributed by atoms with Gasteiger partial charge in [-0.05, 0) is 44.2 Å². The van der Waals surface area contributed by atoms with Crippen molar-refractivity contribution in [3.8, 4) is 0 Å². The molecular weight excluding hydrogens is 324 g/mol. The van der Waals surface area contributed by atoms with Gasteiger partial charge in [-0.2, -0.15) is 0 Å². The number of furan rings is 1. The Morgan fingerprint density at radius 3 is 2.46 bits per heavy atom. The molecule has 26 heavy (non-hydrogen) atoms. The maximum atomic E-state index is 13.1. The minimum absolute atomic E-state index is 0.165. The number of amides is 1. The van der Waals surface area contributed by atoms with Crippen LogP contribution in [-0.2, 0) is 4.79 Å². The average Bonchev–Trinajstić information content (AvgIpc) is 3.25. The minimum atomic E-state index is -0.165. The van der Waals surface area contributed by atoms with Crippen LogP contribution in [0.4, 0.5) is 5.69 Å². The van der Waals surface area contributed by atoms with Crippen LogP contribution >= 0.6 is 0 Å². The number of hydrogen-bond donors (Lipinski definition) is 0. The van der Waals surface area contributed by atoms with Crippen LogP contribution < -0.4 is 4.90 Å². The molecule has 4 heteroatoms. The van der Waals surface area contributed by atoms with E-state index in [1.165, 1.54) is 0 Å². The van der Waals surface area contributed by atoms with Crippen LogP contribution in [0.5, 0.6) is 0 Å². The molecule has 0 saturated carbocycles. The maximum Gasteiger partial charge on any atom is 0.282 e. The quantitative estimate of drug-likeness (QED) is 0.646. The summed E-state index contributed by atoms with van der Waals surface area (Å²) in [5, 5.41) is 0. The highest BCUT2D eigenvalue weighted by atomic mass is 16.3. The number of hydrogen-bond acceptors (Lipinski definition) is 3. The number of anilines is 1. The smallest absolute Gasteiger partial charge is 0.282 e. The fourth-order valence-corrected chi connectivity index (χ4v) is 2.94. The molecule has 1 aliphatic heterocycles.